The summed E-state index contributed by atoms with van der Waals surface area (Å²) in [6, 6.07) is 27.9. The minimum absolute atomic E-state index is 0.376. The predicted octanol–water partition coefficient (Wildman–Crippen LogP) is 6.23. The number of imidazole rings is 1. The van der Waals surface area contributed by atoms with Crippen molar-refractivity contribution in [2.45, 2.75) is 45.1 Å². The van der Waals surface area contributed by atoms with Gasteiger partial charge in [-0.2, -0.15) is 4.98 Å². The van der Waals surface area contributed by atoms with Gasteiger partial charge < -0.3 is 29.2 Å². The first-order valence-corrected chi connectivity index (χ1v) is 16.6. The maximum Gasteiger partial charge on any atom is 0.243 e. The van der Waals surface area contributed by atoms with Crippen molar-refractivity contribution in [1.82, 2.24) is 24.5 Å². The zero-order chi connectivity index (χ0) is 33.6. The van der Waals surface area contributed by atoms with E-state index in [1.165, 1.54) is 18.4 Å². The van der Waals surface area contributed by atoms with Crippen molar-refractivity contribution >= 4 is 17.4 Å². The third-order valence-electron chi connectivity index (χ3n) is 8.92. The molecular formula is C38H41N7O4. The van der Waals surface area contributed by atoms with Crippen LogP contribution in [0.2, 0.25) is 0 Å². The monoisotopic (exact) mass is 659 g/mol. The van der Waals surface area contributed by atoms with Crippen LogP contribution in [0.1, 0.15) is 52.7 Å². The van der Waals surface area contributed by atoms with E-state index in [2.05, 4.69) is 27.2 Å². The number of fused-ring (bicyclic) bond motifs is 1. The molecule has 11 heteroatoms. The smallest absolute Gasteiger partial charge is 0.243 e. The molecule has 1 aliphatic heterocycles. The van der Waals surface area contributed by atoms with Gasteiger partial charge in [0, 0.05) is 19.6 Å². The fourth-order valence-corrected chi connectivity index (χ4v) is 6.22. The Kier molecular flexibility index (Phi) is 9.72. The molecule has 49 heavy (non-hydrogen) atoms. The van der Waals surface area contributed by atoms with Crippen LogP contribution < -0.4 is 19.7 Å². The van der Waals surface area contributed by atoms with Crippen LogP contribution in [0.4, 0.5) is 11.8 Å². The number of anilines is 2. The summed E-state index contributed by atoms with van der Waals surface area (Å²) < 4.78 is 18.1. The minimum atomic E-state index is -0.951. The zero-order valence-corrected chi connectivity index (χ0v) is 27.8. The lowest BCUT2D eigenvalue weighted by Crippen LogP contribution is -2.25. The van der Waals surface area contributed by atoms with Crippen LogP contribution in [0, 0.1) is 0 Å². The number of ether oxygens (including phenoxy) is 2. The maximum absolute atomic E-state index is 11.7. The van der Waals surface area contributed by atoms with E-state index in [9.17, 15) is 5.11 Å². The van der Waals surface area contributed by atoms with Crippen LogP contribution in [-0.2, 0) is 26.2 Å². The molecule has 6 aromatic rings. The van der Waals surface area contributed by atoms with E-state index in [1.807, 2.05) is 72.8 Å². The number of likely N-dealkylation sites (tertiary alicyclic amines) is 1. The number of nitrogens with zero attached hydrogens (tertiary/aromatic N) is 6. The first kappa shape index (κ1) is 32.2. The Balaban J connectivity index is 1.26. The van der Waals surface area contributed by atoms with Gasteiger partial charge in [-0.25, -0.2) is 9.50 Å². The molecule has 2 N–H and O–H groups in total. The zero-order valence-electron chi connectivity index (χ0n) is 27.8. The topological polar surface area (TPSA) is 113 Å². The molecule has 0 aliphatic carbocycles. The number of nitrogens with one attached hydrogen (secondary N) is 1. The third-order valence-corrected chi connectivity index (χ3v) is 8.92. The second-order valence-corrected chi connectivity index (χ2v) is 12.3. The molecule has 1 saturated heterocycles. The molecule has 3 aromatic heterocycles. The molecule has 11 nitrogen and oxygen atoms in total. The number of hydrogen-bond donors (Lipinski definition) is 2. The van der Waals surface area contributed by atoms with Crippen LogP contribution in [-0.4, -0.2) is 56.9 Å². The van der Waals surface area contributed by atoms with E-state index in [1.54, 1.807) is 31.2 Å². The fraction of sp³-hybridized carbons (Fsp3) is 0.289. The van der Waals surface area contributed by atoms with Gasteiger partial charge in [0.2, 0.25) is 5.95 Å². The molecule has 0 amide bonds. The molecule has 3 aromatic carbocycles. The van der Waals surface area contributed by atoms with Crippen LogP contribution in [0.3, 0.4) is 0 Å². The van der Waals surface area contributed by atoms with Crippen LogP contribution >= 0.6 is 0 Å². The standard InChI is InChI=1S/C38H41N7O4/c1-47-31-15-9-28(10-16-31)25-44(26-29-11-17-32(48-2)18-12-29)37-36-39-23-34(45(36)42-38(41-37)40-22-33-6-5-21-49-33)35(46)30-13-7-27(8-14-30)24-43-19-3-4-20-43/h5-18,21,23,35,46H,3-4,19-20,22,24-26H2,1-2H3,(H,40,42). The van der Waals surface area contributed by atoms with Gasteiger partial charge in [0.1, 0.15) is 23.4 Å². The summed E-state index contributed by atoms with van der Waals surface area (Å²) in [5.74, 6) is 3.31. The molecule has 0 saturated carbocycles. The van der Waals surface area contributed by atoms with Gasteiger partial charge in [0.25, 0.3) is 0 Å². The molecule has 1 aliphatic rings. The highest BCUT2D eigenvalue weighted by Crippen LogP contribution is 2.30. The normalized spacial score (nSPS) is 13.9. The van der Waals surface area contributed by atoms with Crippen molar-refractivity contribution < 1.29 is 19.0 Å². The SMILES string of the molecule is COc1ccc(CN(Cc2ccc(OC)cc2)c2nc(NCc3ccco3)nn3c(C(O)c4ccc(CN5CCCC5)cc4)cnc23)cc1. The Hall–Kier alpha value is -5.39. The first-order valence-electron chi connectivity index (χ1n) is 16.6. The fourth-order valence-electron chi connectivity index (χ4n) is 6.22. The third kappa shape index (κ3) is 7.53. The van der Waals surface area contributed by atoms with Gasteiger partial charge in [-0.05, 0) is 84.6 Å². The quantitative estimate of drug-likeness (QED) is 0.140. The van der Waals surface area contributed by atoms with E-state index in [-0.39, 0.29) is 0 Å². The summed E-state index contributed by atoms with van der Waals surface area (Å²) in [6.07, 6.45) is 4.88. The van der Waals surface area contributed by atoms with Crippen LogP contribution in [0.25, 0.3) is 5.65 Å². The highest BCUT2D eigenvalue weighted by molar-refractivity contribution is 5.66. The predicted molar refractivity (Wildman–Crippen MR) is 188 cm³/mol. The summed E-state index contributed by atoms with van der Waals surface area (Å²) in [4.78, 5) is 14.4. The van der Waals surface area contributed by atoms with Gasteiger partial charge in [-0.15, -0.1) is 5.10 Å². The molecule has 1 atom stereocenters. The summed E-state index contributed by atoms with van der Waals surface area (Å²) in [5.41, 5.74) is 5.21. The van der Waals surface area contributed by atoms with Crippen molar-refractivity contribution in [2.75, 3.05) is 37.5 Å². The molecule has 7 rings (SSSR count). The van der Waals surface area contributed by atoms with Crippen LogP contribution in [0.15, 0.2) is 102 Å². The first-order chi connectivity index (χ1) is 24.1. The molecule has 1 fully saturated rings. The number of hydrogen-bond acceptors (Lipinski definition) is 10. The van der Waals surface area contributed by atoms with Crippen LogP contribution in [0.5, 0.6) is 11.5 Å². The Morgan fingerprint density at radius 3 is 2.08 bits per heavy atom. The van der Waals surface area contributed by atoms with E-state index >= 15 is 0 Å². The molecule has 252 valence electrons. The Labute approximate surface area is 285 Å². The summed E-state index contributed by atoms with van der Waals surface area (Å²) in [6.45, 7) is 4.65. The second kappa shape index (κ2) is 14.8. The summed E-state index contributed by atoms with van der Waals surface area (Å²) in [7, 11) is 3.32. The van der Waals surface area contributed by atoms with Crippen molar-refractivity contribution in [3.63, 3.8) is 0 Å². The lowest BCUT2D eigenvalue weighted by atomic mass is 10.0. The second-order valence-electron chi connectivity index (χ2n) is 12.3. The lowest BCUT2D eigenvalue weighted by Gasteiger charge is -2.25. The van der Waals surface area contributed by atoms with Gasteiger partial charge in [0.05, 0.1) is 38.9 Å². The minimum Gasteiger partial charge on any atom is -0.497 e. The number of aromatic nitrogens is 4. The van der Waals surface area contributed by atoms with E-state index in [4.69, 9.17) is 29.0 Å². The highest BCUT2D eigenvalue weighted by atomic mass is 16.5. The van der Waals surface area contributed by atoms with Crippen molar-refractivity contribution in [1.29, 1.82) is 0 Å². The molecule has 0 bridgehead atoms. The molecule has 1 unspecified atom stereocenters. The molecular weight excluding hydrogens is 618 g/mol. The number of aliphatic hydroxyl groups is 1. The van der Waals surface area contributed by atoms with E-state index in [0.717, 1.165) is 53.6 Å². The van der Waals surface area contributed by atoms with Gasteiger partial charge in [0.15, 0.2) is 11.5 Å². The van der Waals surface area contributed by atoms with Crippen molar-refractivity contribution in [2.24, 2.45) is 0 Å². The summed E-state index contributed by atoms with van der Waals surface area (Å²) >= 11 is 0. The van der Waals surface area contributed by atoms with Crippen molar-refractivity contribution in [3.05, 3.63) is 131 Å². The number of rotatable bonds is 14. The lowest BCUT2D eigenvalue weighted by molar-refractivity contribution is 0.213. The number of furan rings is 1. The Bertz CT molecular complexity index is 1890. The van der Waals surface area contributed by atoms with Crippen molar-refractivity contribution in [3.8, 4) is 11.5 Å². The Morgan fingerprint density at radius 1 is 0.857 bits per heavy atom. The van der Waals surface area contributed by atoms with Gasteiger partial charge >= 0.3 is 0 Å². The number of methoxy groups -OCH3 is 2. The average Bonchev–Trinajstić information content (AvgIpc) is 3.94. The van der Waals surface area contributed by atoms with Gasteiger partial charge in [-0.1, -0.05) is 48.5 Å². The number of benzene rings is 3. The van der Waals surface area contributed by atoms with E-state index in [0.29, 0.717) is 42.7 Å². The Morgan fingerprint density at radius 2 is 1.49 bits per heavy atom. The molecule has 0 spiro atoms. The molecule has 4 heterocycles. The maximum atomic E-state index is 11.7. The number of aliphatic hydroxyl groups excluding tert-OH is 1. The average molecular weight is 660 g/mol. The highest BCUT2D eigenvalue weighted by Gasteiger charge is 2.24. The largest absolute Gasteiger partial charge is 0.497 e. The summed E-state index contributed by atoms with van der Waals surface area (Å²) in [5, 5.41) is 19.9. The van der Waals surface area contributed by atoms with Gasteiger partial charge in [-0.3, -0.25) is 4.90 Å². The van der Waals surface area contributed by atoms with E-state index < -0.39 is 6.10 Å². The molecule has 0 radical (unpaired) electrons.